The number of nitrogens with one attached hydrogen (secondary N) is 1. The maximum absolute atomic E-state index is 13.2. The molecule has 4 amide bonds. The summed E-state index contributed by atoms with van der Waals surface area (Å²) in [6.07, 6.45) is 0. The van der Waals surface area contributed by atoms with Gasteiger partial charge in [0.15, 0.2) is 0 Å². The lowest BCUT2D eigenvalue weighted by atomic mass is 9.92. The number of hydrogen-bond donors (Lipinski definition) is 1. The number of urea groups is 1. The summed E-state index contributed by atoms with van der Waals surface area (Å²) >= 11 is 6.02. The first kappa shape index (κ1) is 20.8. The van der Waals surface area contributed by atoms with Gasteiger partial charge in [-0.2, -0.15) is 0 Å². The molecule has 1 saturated heterocycles. The number of imide groups is 1. The molecular weight excluding hydrogens is 397 g/mol. The number of rotatable bonds is 5. The molecule has 0 spiro atoms. The maximum atomic E-state index is 13.2. The van der Waals surface area contributed by atoms with E-state index in [1.165, 1.54) is 36.1 Å². The molecule has 0 saturated carbocycles. The predicted octanol–water partition coefficient (Wildman–Crippen LogP) is 3.47. The largest absolute Gasteiger partial charge is 0.337 e. The summed E-state index contributed by atoms with van der Waals surface area (Å²) < 4.78 is 13.2. The average molecular weight is 418 g/mol. The Hall–Kier alpha value is -2.93. The van der Waals surface area contributed by atoms with Crippen molar-refractivity contribution in [1.82, 2.24) is 15.1 Å². The number of likely N-dealkylation sites (N-methyl/N-ethyl adjacent to an activating group) is 1. The first-order chi connectivity index (χ1) is 13.6. The van der Waals surface area contributed by atoms with Crippen molar-refractivity contribution < 1.29 is 18.8 Å². The lowest BCUT2D eigenvalue weighted by Crippen LogP contribution is -2.44. The summed E-state index contributed by atoms with van der Waals surface area (Å²) in [5.41, 5.74) is -0.0862. The summed E-state index contributed by atoms with van der Waals surface area (Å²) in [4.78, 5) is 40.4. The third-order valence-corrected chi connectivity index (χ3v) is 5.53. The lowest BCUT2D eigenvalue weighted by Gasteiger charge is -2.27. The van der Waals surface area contributed by atoms with Crippen LogP contribution in [0.3, 0.4) is 0 Å². The molecule has 0 bridgehead atoms. The van der Waals surface area contributed by atoms with Crippen LogP contribution in [0.4, 0.5) is 9.18 Å². The van der Waals surface area contributed by atoms with E-state index in [1.54, 1.807) is 25.2 Å². The second-order valence-electron chi connectivity index (χ2n) is 7.19. The highest BCUT2D eigenvalue weighted by atomic mass is 35.5. The van der Waals surface area contributed by atoms with Gasteiger partial charge >= 0.3 is 6.03 Å². The van der Waals surface area contributed by atoms with Crippen molar-refractivity contribution in [2.24, 2.45) is 0 Å². The van der Waals surface area contributed by atoms with Crippen molar-refractivity contribution in [3.63, 3.8) is 0 Å². The van der Waals surface area contributed by atoms with Crippen LogP contribution in [0.5, 0.6) is 0 Å². The molecule has 2 aromatic rings. The average Bonchev–Trinajstić information content (AvgIpc) is 2.91. The Morgan fingerprint density at radius 3 is 2.52 bits per heavy atom. The first-order valence-electron chi connectivity index (χ1n) is 9.05. The highest BCUT2D eigenvalue weighted by Crippen LogP contribution is 2.29. The molecule has 3 rings (SSSR count). The molecule has 2 aromatic carbocycles. The normalized spacial score (nSPS) is 19.8. The monoisotopic (exact) mass is 417 g/mol. The smallest absolute Gasteiger partial charge is 0.325 e. The van der Waals surface area contributed by atoms with Crippen molar-refractivity contribution in [3.05, 3.63) is 70.5 Å². The van der Waals surface area contributed by atoms with Crippen LogP contribution >= 0.6 is 11.6 Å². The molecule has 2 atom stereocenters. The molecule has 8 heteroatoms. The van der Waals surface area contributed by atoms with E-state index in [0.717, 1.165) is 10.5 Å². The van der Waals surface area contributed by atoms with Crippen LogP contribution in [0.25, 0.3) is 0 Å². The van der Waals surface area contributed by atoms with Gasteiger partial charge in [0.2, 0.25) is 5.91 Å². The van der Waals surface area contributed by atoms with Gasteiger partial charge in [0.05, 0.1) is 6.04 Å². The molecule has 1 heterocycles. The molecule has 0 radical (unpaired) electrons. The van der Waals surface area contributed by atoms with Crippen molar-refractivity contribution in [3.8, 4) is 0 Å². The molecule has 0 aliphatic carbocycles. The highest BCUT2D eigenvalue weighted by Gasteiger charge is 2.49. The summed E-state index contributed by atoms with van der Waals surface area (Å²) in [6, 6.07) is 11.5. The van der Waals surface area contributed by atoms with Crippen LogP contribution in [0.1, 0.15) is 31.0 Å². The lowest BCUT2D eigenvalue weighted by molar-refractivity contribution is -0.139. The third-order valence-electron chi connectivity index (χ3n) is 5.30. The fraction of sp³-hybridized carbons (Fsp3) is 0.286. The molecule has 6 nitrogen and oxygen atoms in total. The van der Waals surface area contributed by atoms with Crippen LogP contribution in [0, 0.1) is 5.82 Å². The van der Waals surface area contributed by atoms with Gasteiger partial charge in [-0.3, -0.25) is 14.5 Å². The molecule has 1 fully saturated rings. The number of carbonyl (C=O) groups excluding carboxylic acids is 3. The van der Waals surface area contributed by atoms with Crippen molar-refractivity contribution in [2.75, 3.05) is 13.6 Å². The van der Waals surface area contributed by atoms with Gasteiger partial charge in [0.1, 0.15) is 17.9 Å². The molecule has 1 aliphatic heterocycles. The summed E-state index contributed by atoms with van der Waals surface area (Å²) in [5.74, 6) is -1.41. The number of benzene rings is 2. The van der Waals surface area contributed by atoms with Crippen molar-refractivity contribution in [2.45, 2.75) is 25.4 Å². The van der Waals surface area contributed by atoms with Gasteiger partial charge in [0, 0.05) is 12.1 Å². The molecular formula is C21H21ClFN3O3. The zero-order valence-corrected chi connectivity index (χ0v) is 17.0. The van der Waals surface area contributed by atoms with E-state index in [0.29, 0.717) is 10.6 Å². The van der Waals surface area contributed by atoms with E-state index >= 15 is 0 Å². The predicted molar refractivity (Wildman–Crippen MR) is 107 cm³/mol. The van der Waals surface area contributed by atoms with E-state index in [1.807, 2.05) is 13.0 Å². The Labute approximate surface area is 173 Å². The minimum Gasteiger partial charge on any atom is -0.337 e. The number of hydrogen-bond acceptors (Lipinski definition) is 3. The summed E-state index contributed by atoms with van der Waals surface area (Å²) in [6.45, 7) is 2.96. The third kappa shape index (κ3) is 3.96. The van der Waals surface area contributed by atoms with Gasteiger partial charge in [-0.1, -0.05) is 35.9 Å². The number of amides is 4. The highest BCUT2D eigenvalue weighted by molar-refractivity contribution is 6.30. The van der Waals surface area contributed by atoms with Gasteiger partial charge in [-0.05, 0) is 49.2 Å². The molecule has 0 aromatic heterocycles. The molecule has 2 unspecified atom stereocenters. The maximum Gasteiger partial charge on any atom is 0.325 e. The van der Waals surface area contributed by atoms with Crippen molar-refractivity contribution >= 4 is 29.4 Å². The fourth-order valence-corrected chi connectivity index (χ4v) is 3.47. The van der Waals surface area contributed by atoms with E-state index in [4.69, 9.17) is 11.6 Å². The van der Waals surface area contributed by atoms with Gasteiger partial charge in [-0.15, -0.1) is 0 Å². The van der Waals surface area contributed by atoms with Crippen LogP contribution in [-0.2, 0) is 15.1 Å². The van der Waals surface area contributed by atoms with Gasteiger partial charge < -0.3 is 10.2 Å². The summed E-state index contributed by atoms with van der Waals surface area (Å²) in [7, 11) is 1.60. The van der Waals surface area contributed by atoms with Gasteiger partial charge in [-0.25, -0.2) is 9.18 Å². The van der Waals surface area contributed by atoms with E-state index in [9.17, 15) is 18.8 Å². The van der Waals surface area contributed by atoms with E-state index < -0.39 is 35.7 Å². The molecule has 29 heavy (non-hydrogen) atoms. The summed E-state index contributed by atoms with van der Waals surface area (Å²) in [5, 5.41) is 3.16. The fourth-order valence-electron chi connectivity index (χ4n) is 3.27. The zero-order valence-electron chi connectivity index (χ0n) is 16.3. The van der Waals surface area contributed by atoms with Crippen LogP contribution < -0.4 is 5.32 Å². The van der Waals surface area contributed by atoms with Crippen LogP contribution in [0.2, 0.25) is 5.02 Å². The Balaban J connectivity index is 1.75. The Morgan fingerprint density at radius 2 is 1.90 bits per heavy atom. The number of carbonyl (C=O) groups is 3. The Bertz CT molecular complexity index is 966. The topological polar surface area (TPSA) is 69.7 Å². The Morgan fingerprint density at radius 1 is 1.24 bits per heavy atom. The second-order valence-corrected chi connectivity index (χ2v) is 7.63. The second kappa shape index (κ2) is 7.83. The quantitative estimate of drug-likeness (QED) is 0.757. The molecule has 1 N–H and O–H groups in total. The standard InChI is InChI=1S/C21H21ClFN3O3/c1-13(14-5-4-6-16(22)11-14)25(3)18(27)12-26-19(28)21(2,24-20(26)29)15-7-9-17(23)10-8-15/h4-11,13H,12H2,1-3H3,(H,24,29). The Kier molecular flexibility index (Phi) is 5.61. The van der Waals surface area contributed by atoms with E-state index in [2.05, 4.69) is 5.32 Å². The van der Waals surface area contributed by atoms with Gasteiger partial charge in [0.25, 0.3) is 5.91 Å². The van der Waals surface area contributed by atoms with E-state index in [-0.39, 0.29) is 6.04 Å². The number of nitrogens with zero attached hydrogens (tertiary/aromatic N) is 2. The molecule has 152 valence electrons. The first-order valence-corrected chi connectivity index (χ1v) is 9.42. The minimum absolute atomic E-state index is 0.301. The van der Waals surface area contributed by atoms with Crippen LogP contribution in [0.15, 0.2) is 48.5 Å². The zero-order chi connectivity index (χ0) is 21.3. The SMILES string of the molecule is CC(c1cccc(Cl)c1)N(C)C(=O)CN1C(=O)NC(C)(c2ccc(F)cc2)C1=O. The molecule has 1 aliphatic rings. The van der Waals surface area contributed by atoms with Crippen molar-refractivity contribution in [1.29, 1.82) is 0 Å². The minimum atomic E-state index is -1.36. The number of halogens is 2. The van der Waals surface area contributed by atoms with Crippen LogP contribution in [-0.4, -0.2) is 41.2 Å².